The zero-order chi connectivity index (χ0) is 15.4. The Bertz CT molecular complexity index is 665. The van der Waals surface area contributed by atoms with E-state index in [-0.39, 0.29) is 0 Å². The Kier molecular flexibility index (Phi) is 4.48. The predicted molar refractivity (Wildman–Crippen MR) is 82.8 cm³/mol. The van der Waals surface area contributed by atoms with Gasteiger partial charge in [0.1, 0.15) is 11.3 Å². The summed E-state index contributed by atoms with van der Waals surface area (Å²) in [5, 5.41) is 0. The highest BCUT2D eigenvalue weighted by Gasteiger charge is 2.17. The van der Waals surface area contributed by atoms with E-state index in [1.54, 1.807) is 25.1 Å². The minimum Gasteiger partial charge on any atom is -0.462 e. The van der Waals surface area contributed by atoms with Crippen molar-refractivity contribution in [1.82, 2.24) is 0 Å². The molecule has 0 fully saturated rings. The molecular formula is C17H19NO3. The molecule has 0 aliphatic carbocycles. The summed E-state index contributed by atoms with van der Waals surface area (Å²) in [6, 6.07) is 10.9. The smallest absolute Gasteiger partial charge is 0.342 e. The largest absolute Gasteiger partial charge is 0.462 e. The van der Waals surface area contributed by atoms with Crippen LogP contribution in [0.4, 0.5) is 5.69 Å². The van der Waals surface area contributed by atoms with Crippen LogP contribution < -0.4 is 10.5 Å². The molecule has 0 aromatic heterocycles. The van der Waals surface area contributed by atoms with Gasteiger partial charge in [-0.2, -0.15) is 0 Å². The Morgan fingerprint density at radius 3 is 2.62 bits per heavy atom. The summed E-state index contributed by atoms with van der Waals surface area (Å²) in [6.07, 6.45) is 0. The van der Waals surface area contributed by atoms with Crippen molar-refractivity contribution in [2.45, 2.75) is 20.8 Å². The number of ether oxygens (including phenoxy) is 2. The van der Waals surface area contributed by atoms with E-state index in [0.29, 0.717) is 29.4 Å². The Morgan fingerprint density at radius 1 is 1.19 bits per heavy atom. The van der Waals surface area contributed by atoms with Gasteiger partial charge in [0, 0.05) is 0 Å². The molecular weight excluding hydrogens is 266 g/mol. The van der Waals surface area contributed by atoms with E-state index in [0.717, 1.165) is 11.1 Å². The van der Waals surface area contributed by atoms with Crippen LogP contribution in [0, 0.1) is 13.8 Å². The summed E-state index contributed by atoms with van der Waals surface area (Å²) >= 11 is 0. The topological polar surface area (TPSA) is 61.5 Å². The molecule has 0 spiro atoms. The molecule has 2 rings (SSSR count). The van der Waals surface area contributed by atoms with Crippen molar-refractivity contribution in [2.75, 3.05) is 12.3 Å². The monoisotopic (exact) mass is 285 g/mol. The van der Waals surface area contributed by atoms with Crippen LogP contribution in [-0.4, -0.2) is 12.6 Å². The van der Waals surface area contributed by atoms with Gasteiger partial charge in [0.15, 0.2) is 5.75 Å². The van der Waals surface area contributed by atoms with Crippen LogP contribution in [-0.2, 0) is 4.74 Å². The predicted octanol–water partition coefficient (Wildman–Crippen LogP) is 3.85. The third-order valence-corrected chi connectivity index (χ3v) is 3.08. The number of nitrogen functional groups attached to an aromatic ring is 1. The molecule has 0 heterocycles. The van der Waals surface area contributed by atoms with E-state index >= 15 is 0 Å². The number of para-hydroxylation sites is 1. The second kappa shape index (κ2) is 6.31. The van der Waals surface area contributed by atoms with E-state index < -0.39 is 5.97 Å². The maximum absolute atomic E-state index is 12.0. The van der Waals surface area contributed by atoms with Crippen LogP contribution in [0.2, 0.25) is 0 Å². The highest BCUT2D eigenvalue weighted by molar-refractivity contribution is 5.94. The minimum atomic E-state index is -0.440. The first-order valence-electron chi connectivity index (χ1n) is 6.83. The summed E-state index contributed by atoms with van der Waals surface area (Å²) in [5.41, 5.74) is 8.81. The van der Waals surface area contributed by atoms with Gasteiger partial charge in [-0.25, -0.2) is 4.79 Å². The molecule has 0 saturated heterocycles. The molecule has 21 heavy (non-hydrogen) atoms. The normalized spacial score (nSPS) is 10.2. The molecule has 2 aromatic rings. The number of carbonyl (C=O) groups excluding carboxylic acids is 1. The molecule has 110 valence electrons. The number of hydrogen-bond acceptors (Lipinski definition) is 4. The van der Waals surface area contributed by atoms with Gasteiger partial charge in [0.25, 0.3) is 0 Å². The van der Waals surface area contributed by atoms with E-state index in [4.69, 9.17) is 15.2 Å². The number of benzene rings is 2. The van der Waals surface area contributed by atoms with Gasteiger partial charge < -0.3 is 15.2 Å². The average Bonchev–Trinajstić information content (AvgIpc) is 2.43. The Balaban J connectivity index is 2.41. The molecule has 0 amide bonds. The molecule has 0 aliphatic heterocycles. The van der Waals surface area contributed by atoms with Crippen LogP contribution in [0.1, 0.15) is 28.4 Å². The third kappa shape index (κ3) is 3.34. The molecule has 4 nitrogen and oxygen atoms in total. The average molecular weight is 285 g/mol. The first kappa shape index (κ1) is 14.9. The van der Waals surface area contributed by atoms with E-state index in [1.165, 1.54) is 0 Å². The van der Waals surface area contributed by atoms with Crippen LogP contribution in [0.5, 0.6) is 11.5 Å². The van der Waals surface area contributed by atoms with Gasteiger partial charge in [-0.3, -0.25) is 0 Å². The first-order valence-corrected chi connectivity index (χ1v) is 6.83. The second-order valence-electron chi connectivity index (χ2n) is 4.82. The zero-order valence-corrected chi connectivity index (χ0v) is 12.5. The van der Waals surface area contributed by atoms with Crippen molar-refractivity contribution < 1.29 is 14.3 Å². The van der Waals surface area contributed by atoms with Crippen molar-refractivity contribution in [2.24, 2.45) is 0 Å². The summed E-state index contributed by atoms with van der Waals surface area (Å²) < 4.78 is 10.9. The fourth-order valence-electron chi connectivity index (χ4n) is 2.06. The summed E-state index contributed by atoms with van der Waals surface area (Å²) in [7, 11) is 0. The summed E-state index contributed by atoms with van der Waals surface area (Å²) in [6.45, 7) is 6.02. The van der Waals surface area contributed by atoms with E-state index in [9.17, 15) is 4.79 Å². The first-order chi connectivity index (χ1) is 10.0. The van der Waals surface area contributed by atoms with E-state index in [1.807, 2.05) is 32.0 Å². The quantitative estimate of drug-likeness (QED) is 0.684. The molecule has 2 N–H and O–H groups in total. The maximum Gasteiger partial charge on any atom is 0.342 e. The number of esters is 1. The lowest BCUT2D eigenvalue weighted by atomic mass is 10.1. The van der Waals surface area contributed by atoms with Gasteiger partial charge in [0.2, 0.25) is 0 Å². The standard InChI is InChI=1S/C17H19NO3/c1-4-20-17(19)13-6-5-7-14(18)16(13)21-15-9-8-11(2)10-12(15)3/h5-10H,4,18H2,1-3H3. The van der Waals surface area contributed by atoms with Crippen LogP contribution in [0.3, 0.4) is 0 Å². The number of carbonyl (C=O) groups is 1. The number of hydrogen-bond donors (Lipinski definition) is 1. The molecule has 0 radical (unpaired) electrons. The van der Waals surface area contributed by atoms with Crippen LogP contribution >= 0.6 is 0 Å². The summed E-state index contributed by atoms with van der Waals surface area (Å²) in [5.74, 6) is 0.566. The fraction of sp³-hybridized carbons (Fsp3) is 0.235. The van der Waals surface area contributed by atoms with Crippen LogP contribution in [0.25, 0.3) is 0 Å². The lowest BCUT2D eigenvalue weighted by molar-refractivity contribution is 0.0523. The second-order valence-corrected chi connectivity index (χ2v) is 4.82. The van der Waals surface area contributed by atoms with Gasteiger partial charge >= 0.3 is 5.97 Å². The third-order valence-electron chi connectivity index (χ3n) is 3.08. The Labute approximate surface area is 124 Å². The summed E-state index contributed by atoms with van der Waals surface area (Å²) in [4.78, 5) is 12.0. The molecule has 0 atom stereocenters. The Morgan fingerprint density at radius 2 is 1.95 bits per heavy atom. The van der Waals surface area contributed by atoms with Gasteiger partial charge in [-0.1, -0.05) is 23.8 Å². The number of aryl methyl sites for hydroxylation is 2. The fourth-order valence-corrected chi connectivity index (χ4v) is 2.06. The van der Waals surface area contributed by atoms with Crippen molar-refractivity contribution >= 4 is 11.7 Å². The highest BCUT2D eigenvalue weighted by atomic mass is 16.5. The minimum absolute atomic E-state index is 0.302. The number of nitrogens with two attached hydrogens (primary N) is 1. The van der Waals surface area contributed by atoms with E-state index in [2.05, 4.69) is 0 Å². The van der Waals surface area contributed by atoms with Gasteiger partial charge in [-0.15, -0.1) is 0 Å². The van der Waals surface area contributed by atoms with Crippen molar-refractivity contribution in [3.63, 3.8) is 0 Å². The van der Waals surface area contributed by atoms with Crippen LogP contribution in [0.15, 0.2) is 36.4 Å². The zero-order valence-electron chi connectivity index (χ0n) is 12.5. The van der Waals surface area contributed by atoms with Gasteiger partial charge in [-0.05, 0) is 44.5 Å². The van der Waals surface area contributed by atoms with Crippen molar-refractivity contribution in [3.8, 4) is 11.5 Å². The molecule has 0 bridgehead atoms. The molecule has 2 aromatic carbocycles. The van der Waals surface area contributed by atoms with Gasteiger partial charge in [0.05, 0.1) is 12.3 Å². The Hall–Kier alpha value is -2.49. The lowest BCUT2D eigenvalue weighted by Crippen LogP contribution is -2.08. The SMILES string of the molecule is CCOC(=O)c1cccc(N)c1Oc1ccc(C)cc1C. The molecule has 0 saturated carbocycles. The highest BCUT2D eigenvalue weighted by Crippen LogP contribution is 2.33. The molecule has 0 unspecified atom stereocenters. The van der Waals surface area contributed by atoms with Crippen molar-refractivity contribution in [3.05, 3.63) is 53.1 Å². The molecule has 0 aliphatic rings. The molecule has 4 heteroatoms. The van der Waals surface area contributed by atoms with Crippen molar-refractivity contribution in [1.29, 1.82) is 0 Å². The number of rotatable bonds is 4. The maximum atomic E-state index is 12.0. The number of anilines is 1. The lowest BCUT2D eigenvalue weighted by Gasteiger charge is -2.14.